The van der Waals surface area contributed by atoms with Crippen molar-refractivity contribution in [2.75, 3.05) is 11.9 Å². The summed E-state index contributed by atoms with van der Waals surface area (Å²) < 4.78 is 5.92. The Morgan fingerprint density at radius 3 is 2.34 bits per heavy atom. The first-order valence-electron chi connectivity index (χ1n) is 9.41. The van der Waals surface area contributed by atoms with Crippen molar-refractivity contribution in [2.24, 2.45) is 0 Å². The zero-order valence-corrected chi connectivity index (χ0v) is 16.2. The van der Waals surface area contributed by atoms with Gasteiger partial charge in [0.05, 0.1) is 0 Å². The molecule has 0 saturated carbocycles. The molecular weight excluding hydrogens is 366 g/mol. The molecule has 0 saturated heterocycles. The second-order valence-corrected chi connectivity index (χ2v) is 6.49. The van der Waals surface area contributed by atoms with Gasteiger partial charge in [-0.1, -0.05) is 30.3 Å². The lowest BCUT2D eigenvalue weighted by atomic mass is 10.1. The maximum Gasteiger partial charge on any atom is 0.251 e. The van der Waals surface area contributed by atoms with Gasteiger partial charge >= 0.3 is 0 Å². The Hall–Kier alpha value is -3.67. The van der Waals surface area contributed by atoms with E-state index in [1.165, 1.54) is 0 Å². The number of carbonyl (C=O) groups is 2. The highest BCUT2D eigenvalue weighted by molar-refractivity contribution is 5.95. The summed E-state index contributed by atoms with van der Waals surface area (Å²) >= 11 is 0. The number of anilines is 1. The Morgan fingerprint density at radius 2 is 1.66 bits per heavy atom. The first-order chi connectivity index (χ1) is 14.1. The number of aromatic nitrogens is 1. The summed E-state index contributed by atoms with van der Waals surface area (Å²) in [5.41, 5.74) is 2.27. The minimum absolute atomic E-state index is 0.0882. The molecule has 2 amide bonds. The number of hydrogen-bond donors (Lipinski definition) is 2. The standard InChI is InChI=1S/C23H23N3O3/c1-17(18-5-3-2-4-6-18)29-21-9-7-19(8-10-21)23(28)25-16-13-22(27)26-20-11-14-24-15-12-20/h2-12,14-15,17H,13,16H2,1H3,(H,25,28)(H,24,26,27). The van der Waals surface area contributed by atoms with Gasteiger partial charge in [-0.3, -0.25) is 14.6 Å². The summed E-state index contributed by atoms with van der Waals surface area (Å²) in [5, 5.41) is 5.50. The Bertz CT molecular complexity index is 929. The summed E-state index contributed by atoms with van der Waals surface area (Å²) in [6, 6.07) is 20.3. The molecule has 0 aliphatic heterocycles. The van der Waals surface area contributed by atoms with Crippen LogP contribution in [0.2, 0.25) is 0 Å². The third-order valence-corrected chi connectivity index (χ3v) is 4.30. The summed E-state index contributed by atoms with van der Waals surface area (Å²) in [4.78, 5) is 28.0. The van der Waals surface area contributed by atoms with Crippen LogP contribution in [0.15, 0.2) is 79.1 Å². The molecule has 0 bridgehead atoms. The fraction of sp³-hybridized carbons (Fsp3) is 0.174. The van der Waals surface area contributed by atoms with Gasteiger partial charge in [-0.05, 0) is 48.9 Å². The molecule has 29 heavy (non-hydrogen) atoms. The molecule has 0 radical (unpaired) electrons. The number of pyridine rings is 1. The molecule has 2 aromatic carbocycles. The quantitative estimate of drug-likeness (QED) is 0.611. The second-order valence-electron chi connectivity index (χ2n) is 6.49. The number of hydrogen-bond acceptors (Lipinski definition) is 4. The van der Waals surface area contributed by atoms with E-state index in [0.29, 0.717) is 17.0 Å². The number of carbonyl (C=O) groups excluding carboxylic acids is 2. The van der Waals surface area contributed by atoms with Gasteiger partial charge in [0, 0.05) is 36.6 Å². The highest BCUT2D eigenvalue weighted by Crippen LogP contribution is 2.21. The lowest BCUT2D eigenvalue weighted by molar-refractivity contribution is -0.116. The molecule has 1 heterocycles. The first-order valence-corrected chi connectivity index (χ1v) is 9.41. The van der Waals surface area contributed by atoms with Gasteiger partial charge in [0.2, 0.25) is 5.91 Å². The maximum absolute atomic E-state index is 12.2. The van der Waals surface area contributed by atoms with Crippen LogP contribution in [-0.2, 0) is 4.79 Å². The third kappa shape index (κ3) is 6.17. The summed E-state index contributed by atoms with van der Waals surface area (Å²) in [7, 11) is 0. The van der Waals surface area contributed by atoms with E-state index in [2.05, 4.69) is 15.6 Å². The van der Waals surface area contributed by atoms with Crippen molar-refractivity contribution in [3.63, 3.8) is 0 Å². The van der Waals surface area contributed by atoms with Gasteiger partial charge in [0.1, 0.15) is 11.9 Å². The van der Waals surface area contributed by atoms with Gasteiger partial charge in [0.25, 0.3) is 5.91 Å². The van der Waals surface area contributed by atoms with E-state index in [1.807, 2.05) is 37.3 Å². The van der Waals surface area contributed by atoms with E-state index in [1.54, 1.807) is 48.8 Å². The maximum atomic E-state index is 12.2. The van der Waals surface area contributed by atoms with Crippen molar-refractivity contribution in [1.82, 2.24) is 10.3 Å². The lowest BCUT2D eigenvalue weighted by Gasteiger charge is -2.15. The number of nitrogens with one attached hydrogen (secondary N) is 2. The van der Waals surface area contributed by atoms with E-state index in [4.69, 9.17) is 4.74 Å². The monoisotopic (exact) mass is 389 g/mol. The number of nitrogens with zero attached hydrogens (tertiary/aromatic N) is 1. The predicted molar refractivity (Wildman–Crippen MR) is 112 cm³/mol. The number of benzene rings is 2. The highest BCUT2D eigenvalue weighted by Gasteiger charge is 2.09. The first kappa shape index (κ1) is 20.1. The van der Waals surface area contributed by atoms with Crippen LogP contribution >= 0.6 is 0 Å². The molecule has 1 aromatic heterocycles. The fourth-order valence-corrected chi connectivity index (χ4v) is 2.73. The molecular formula is C23H23N3O3. The van der Waals surface area contributed by atoms with Gasteiger partial charge in [0.15, 0.2) is 0 Å². The Kier molecular flexibility index (Phi) is 6.95. The van der Waals surface area contributed by atoms with E-state index in [0.717, 1.165) is 5.56 Å². The van der Waals surface area contributed by atoms with Crippen LogP contribution in [0, 0.1) is 0 Å². The van der Waals surface area contributed by atoms with Crippen molar-refractivity contribution in [3.8, 4) is 5.75 Å². The van der Waals surface area contributed by atoms with Crippen LogP contribution in [0.3, 0.4) is 0 Å². The molecule has 6 nitrogen and oxygen atoms in total. The normalized spacial score (nSPS) is 11.3. The van der Waals surface area contributed by atoms with Crippen LogP contribution in [0.5, 0.6) is 5.75 Å². The molecule has 0 spiro atoms. The fourth-order valence-electron chi connectivity index (χ4n) is 2.73. The number of ether oxygens (including phenoxy) is 1. The van der Waals surface area contributed by atoms with Gasteiger partial charge in [-0.25, -0.2) is 0 Å². The van der Waals surface area contributed by atoms with Crippen molar-refractivity contribution < 1.29 is 14.3 Å². The smallest absolute Gasteiger partial charge is 0.251 e. The molecule has 0 aliphatic carbocycles. The van der Waals surface area contributed by atoms with Gasteiger partial charge < -0.3 is 15.4 Å². The lowest BCUT2D eigenvalue weighted by Crippen LogP contribution is -2.27. The van der Waals surface area contributed by atoms with Gasteiger partial charge in [-0.2, -0.15) is 0 Å². The molecule has 3 rings (SSSR count). The Labute approximate surface area is 169 Å². The van der Waals surface area contributed by atoms with Crippen LogP contribution in [0.25, 0.3) is 0 Å². The van der Waals surface area contributed by atoms with E-state index in [9.17, 15) is 9.59 Å². The molecule has 3 aromatic rings. The molecule has 1 unspecified atom stereocenters. The molecule has 148 valence electrons. The zero-order chi connectivity index (χ0) is 20.5. The van der Waals surface area contributed by atoms with Crippen LogP contribution < -0.4 is 15.4 Å². The SMILES string of the molecule is CC(Oc1ccc(C(=O)NCCC(=O)Nc2ccncc2)cc1)c1ccccc1. The minimum Gasteiger partial charge on any atom is -0.486 e. The molecule has 0 aliphatic rings. The number of amides is 2. The predicted octanol–water partition coefficient (Wildman–Crippen LogP) is 3.98. The highest BCUT2D eigenvalue weighted by atomic mass is 16.5. The molecule has 0 fully saturated rings. The Balaban J connectivity index is 1.44. The van der Waals surface area contributed by atoms with E-state index in [-0.39, 0.29) is 30.9 Å². The van der Waals surface area contributed by atoms with Crippen molar-refractivity contribution in [3.05, 3.63) is 90.3 Å². The van der Waals surface area contributed by atoms with Crippen LogP contribution in [0.4, 0.5) is 5.69 Å². The average Bonchev–Trinajstić information content (AvgIpc) is 2.75. The van der Waals surface area contributed by atoms with Crippen LogP contribution in [0.1, 0.15) is 35.4 Å². The topological polar surface area (TPSA) is 80.3 Å². The van der Waals surface area contributed by atoms with Crippen molar-refractivity contribution in [1.29, 1.82) is 0 Å². The largest absolute Gasteiger partial charge is 0.486 e. The van der Waals surface area contributed by atoms with Crippen molar-refractivity contribution in [2.45, 2.75) is 19.4 Å². The van der Waals surface area contributed by atoms with Gasteiger partial charge in [-0.15, -0.1) is 0 Å². The summed E-state index contributed by atoms with van der Waals surface area (Å²) in [6.45, 7) is 2.23. The van der Waals surface area contributed by atoms with E-state index < -0.39 is 0 Å². The average molecular weight is 389 g/mol. The second kappa shape index (κ2) is 10.0. The molecule has 1 atom stereocenters. The Morgan fingerprint density at radius 1 is 0.966 bits per heavy atom. The summed E-state index contributed by atoms with van der Waals surface area (Å²) in [5.74, 6) is 0.286. The van der Waals surface area contributed by atoms with Crippen molar-refractivity contribution >= 4 is 17.5 Å². The molecule has 2 N–H and O–H groups in total. The van der Waals surface area contributed by atoms with E-state index >= 15 is 0 Å². The summed E-state index contributed by atoms with van der Waals surface area (Å²) in [6.07, 6.45) is 3.30. The number of rotatable bonds is 8. The minimum atomic E-state index is -0.232. The molecule has 6 heteroatoms. The third-order valence-electron chi connectivity index (χ3n) is 4.30. The zero-order valence-electron chi connectivity index (χ0n) is 16.2. The van der Waals surface area contributed by atoms with Crippen LogP contribution in [-0.4, -0.2) is 23.3 Å².